The standard InChI is InChI=1S/C20H32O3/c1-6-18(4)9-10-19(5)12(2)7-8-20(13(3)17(18)23)11-14(21)15(22)16(19)20/h6,12-14,16-17,21,23H,1,7-11H2,2-5H3/t12-,13+,14+,16+,17+,18-,19-,20+/m1/s1. The summed E-state index contributed by atoms with van der Waals surface area (Å²) in [5, 5.41) is 21.5. The van der Waals surface area contributed by atoms with Crippen LogP contribution in [0.5, 0.6) is 0 Å². The van der Waals surface area contributed by atoms with Gasteiger partial charge in [0.25, 0.3) is 0 Å². The van der Waals surface area contributed by atoms with Crippen molar-refractivity contribution in [2.45, 2.75) is 72.0 Å². The molecular formula is C20H32O3. The molecule has 23 heavy (non-hydrogen) atoms. The highest BCUT2D eigenvalue weighted by Crippen LogP contribution is 2.67. The van der Waals surface area contributed by atoms with Gasteiger partial charge in [0.2, 0.25) is 0 Å². The Balaban J connectivity index is 2.17. The Morgan fingerprint density at radius 2 is 1.83 bits per heavy atom. The lowest BCUT2D eigenvalue weighted by Gasteiger charge is -2.59. The molecule has 2 N–H and O–H groups in total. The summed E-state index contributed by atoms with van der Waals surface area (Å²) in [5.74, 6) is 0.364. The van der Waals surface area contributed by atoms with Crippen LogP contribution < -0.4 is 0 Å². The van der Waals surface area contributed by atoms with E-state index < -0.39 is 12.2 Å². The van der Waals surface area contributed by atoms with Gasteiger partial charge in [0.1, 0.15) is 6.10 Å². The van der Waals surface area contributed by atoms with Crippen LogP contribution >= 0.6 is 0 Å². The first-order chi connectivity index (χ1) is 10.6. The van der Waals surface area contributed by atoms with E-state index in [0.29, 0.717) is 12.3 Å². The predicted octanol–water partition coefficient (Wildman–Crippen LogP) is 3.34. The Bertz CT molecular complexity index is 529. The van der Waals surface area contributed by atoms with Crippen LogP contribution in [0.25, 0.3) is 0 Å². The maximum atomic E-state index is 12.9. The summed E-state index contributed by atoms with van der Waals surface area (Å²) in [4.78, 5) is 12.9. The molecule has 0 unspecified atom stereocenters. The lowest BCUT2D eigenvalue weighted by molar-refractivity contribution is -0.159. The van der Waals surface area contributed by atoms with E-state index in [1.807, 2.05) is 6.08 Å². The number of hydrogen-bond acceptors (Lipinski definition) is 3. The molecule has 8 atom stereocenters. The summed E-state index contributed by atoms with van der Waals surface area (Å²) < 4.78 is 0. The predicted molar refractivity (Wildman–Crippen MR) is 90.8 cm³/mol. The average Bonchev–Trinajstić information content (AvgIpc) is 2.80. The van der Waals surface area contributed by atoms with Crippen LogP contribution in [0.15, 0.2) is 12.7 Å². The maximum Gasteiger partial charge on any atom is 0.165 e. The molecule has 3 heteroatoms. The Kier molecular flexibility index (Phi) is 3.85. The SMILES string of the molecule is C=C[C@]1(C)CC[C@]2(C)[C@H](C)CC[C@]3(C[C@H](O)C(=O)[C@@H]23)[C@@H](C)[C@@H]1O. The molecule has 0 amide bonds. The fourth-order valence-electron chi connectivity index (χ4n) is 6.24. The molecule has 0 aromatic carbocycles. The van der Waals surface area contributed by atoms with E-state index in [-0.39, 0.29) is 33.9 Å². The normalized spacial score (nSPS) is 56.6. The Morgan fingerprint density at radius 3 is 2.43 bits per heavy atom. The van der Waals surface area contributed by atoms with E-state index in [1.165, 1.54) is 0 Å². The van der Waals surface area contributed by atoms with Crippen molar-refractivity contribution >= 4 is 5.78 Å². The molecule has 0 aromatic rings. The van der Waals surface area contributed by atoms with Gasteiger partial charge in [0, 0.05) is 11.3 Å². The number of Topliss-reactive ketones (excluding diaryl/α,β-unsaturated/α-hetero) is 1. The molecule has 0 heterocycles. The zero-order valence-electron chi connectivity index (χ0n) is 15.0. The highest BCUT2D eigenvalue weighted by molar-refractivity contribution is 5.89. The van der Waals surface area contributed by atoms with Gasteiger partial charge in [-0.1, -0.05) is 33.8 Å². The van der Waals surface area contributed by atoms with Crippen LogP contribution in [0.4, 0.5) is 0 Å². The van der Waals surface area contributed by atoms with Crippen LogP contribution in [0, 0.1) is 34.0 Å². The van der Waals surface area contributed by atoms with Crippen molar-refractivity contribution in [2.75, 3.05) is 0 Å². The average molecular weight is 320 g/mol. The highest BCUT2D eigenvalue weighted by atomic mass is 16.3. The summed E-state index contributed by atoms with van der Waals surface area (Å²) in [7, 11) is 0. The summed E-state index contributed by atoms with van der Waals surface area (Å²) >= 11 is 0. The van der Waals surface area contributed by atoms with Gasteiger partial charge in [-0.25, -0.2) is 0 Å². The quantitative estimate of drug-likeness (QED) is 0.729. The van der Waals surface area contributed by atoms with E-state index >= 15 is 0 Å². The number of rotatable bonds is 1. The molecule has 0 saturated heterocycles. The maximum absolute atomic E-state index is 12.9. The number of aliphatic hydroxyl groups excluding tert-OH is 2. The third-order valence-electron chi connectivity index (χ3n) is 8.31. The lowest BCUT2D eigenvalue weighted by atomic mass is 9.44. The Labute approximate surface area is 140 Å². The second-order valence-corrected chi connectivity index (χ2v) is 9.18. The second-order valence-electron chi connectivity index (χ2n) is 9.18. The lowest BCUT2D eigenvalue weighted by Crippen LogP contribution is -2.57. The fourth-order valence-corrected chi connectivity index (χ4v) is 6.24. The molecule has 3 rings (SSSR count). The third kappa shape index (κ3) is 2.05. The monoisotopic (exact) mass is 320 g/mol. The molecule has 3 aliphatic rings. The van der Waals surface area contributed by atoms with Gasteiger partial charge in [-0.3, -0.25) is 4.79 Å². The number of carbonyl (C=O) groups excluding carboxylic acids is 1. The first-order valence-corrected chi connectivity index (χ1v) is 9.16. The summed E-state index contributed by atoms with van der Waals surface area (Å²) in [5.41, 5.74) is -0.681. The highest BCUT2D eigenvalue weighted by Gasteiger charge is 2.67. The molecule has 3 aliphatic carbocycles. The van der Waals surface area contributed by atoms with Crippen LogP contribution in [-0.2, 0) is 4.79 Å². The molecular weight excluding hydrogens is 288 g/mol. The van der Waals surface area contributed by atoms with Gasteiger partial charge in [-0.05, 0) is 54.8 Å². The molecule has 3 saturated carbocycles. The Hall–Kier alpha value is -0.670. The molecule has 2 bridgehead atoms. The number of hydrogen-bond donors (Lipinski definition) is 2. The summed E-state index contributed by atoms with van der Waals surface area (Å²) in [6, 6.07) is 0. The van der Waals surface area contributed by atoms with Crippen molar-refractivity contribution in [3.05, 3.63) is 12.7 Å². The Morgan fingerprint density at radius 1 is 1.17 bits per heavy atom. The molecule has 0 spiro atoms. The third-order valence-corrected chi connectivity index (χ3v) is 8.31. The van der Waals surface area contributed by atoms with Crippen molar-refractivity contribution in [2.24, 2.45) is 34.0 Å². The zero-order valence-corrected chi connectivity index (χ0v) is 15.0. The van der Waals surface area contributed by atoms with E-state index in [4.69, 9.17) is 0 Å². The van der Waals surface area contributed by atoms with Crippen LogP contribution in [0.2, 0.25) is 0 Å². The first-order valence-electron chi connectivity index (χ1n) is 9.16. The van der Waals surface area contributed by atoms with E-state index in [1.54, 1.807) is 0 Å². The number of aliphatic hydroxyl groups is 2. The minimum absolute atomic E-state index is 0.0104. The minimum atomic E-state index is -0.854. The van der Waals surface area contributed by atoms with E-state index in [9.17, 15) is 15.0 Å². The molecule has 3 nitrogen and oxygen atoms in total. The fraction of sp³-hybridized carbons (Fsp3) is 0.850. The van der Waals surface area contributed by atoms with Gasteiger partial charge < -0.3 is 10.2 Å². The molecule has 0 radical (unpaired) electrons. The molecule has 3 fully saturated rings. The van der Waals surface area contributed by atoms with Gasteiger partial charge in [0.05, 0.1) is 6.10 Å². The number of carbonyl (C=O) groups is 1. The second kappa shape index (κ2) is 5.16. The number of ketones is 1. The van der Waals surface area contributed by atoms with Gasteiger partial charge >= 0.3 is 0 Å². The smallest absolute Gasteiger partial charge is 0.165 e. The van der Waals surface area contributed by atoms with Crippen molar-refractivity contribution in [1.82, 2.24) is 0 Å². The molecule has 0 aliphatic heterocycles. The van der Waals surface area contributed by atoms with Crippen LogP contribution in [-0.4, -0.2) is 28.2 Å². The van der Waals surface area contributed by atoms with Gasteiger partial charge in [-0.2, -0.15) is 0 Å². The molecule has 130 valence electrons. The zero-order chi connectivity index (χ0) is 17.2. The van der Waals surface area contributed by atoms with Crippen LogP contribution in [0.3, 0.4) is 0 Å². The van der Waals surface area contributed by atoms with Crippen molar-refractivity contribution in [3.63, 3.8) is 0 Å². The van der Waals surface area contributed by atoms with E-state index in [0.717, 1.165) is 25.7 Å². The van der Waals surface area contributed by atoms with Crippen molar-refractivity contribution < 1.29 is 15.0 Å². The minimum Gasteiger partial charge on any atom is -0.392 e. The van der Waals surface area contributed by atoms with Crippen molar-refractivity contribution in [1.29, 1.82) is 0 Å². The van der Waals surface area contributed by atoms with E-state index in [2.05, 4.69) is 34.3 Å². The van der Waals surface area contributed by atoms with Gasteiger partial charge in [-0.15, -0.1) is 6.58 Å². The topological polar surface area (TPSA) is 57.5 Å². The van der Waals surface area contributed by atoms with Gasteiger partial charge in [0.15, 0.2) is 5.78 Å². The summed E-state index contributed by atoms with van der Waals surface area (Å²) in [6.45, 7) is 12.7. The van der Waals surface area contributed by atoms with Crippen molar-refractivity contribution in [3.8, 4) is 0 Å². The van der Waals surface area contributed by atoms with Crippen LogP contribution in [0.1, 0.15) is 59.8 Å². The molecule has 0 aromatic heterocycles. The largest absolute Gasteiger partial charge is 0.392 e. The first kappa shape index (κ1) is 17.2. The summed E-state index contributed by atoms with van der Waals surface area (Å²) in [6.07, 6.45) is 4.82.